The van der Waals surface area contributed by atoms with E-state index in [4.69, 9.17) is 4.74 Å². The molecule has 0 saturated heterocycles. The van der Waals surface area contributed by atoms with E-state index in [1.165, 1.54) is 0 Å². The number of hydrogen-bond acceptors (Lipinski definition) is 3. The molecule has 0 aliphatic carbocycles. The Labute approximate surface area is 131 Å². The fourth-order valence-corrected chi connectivity index (χ4v) is 1.99. The van der Waals surface area contributed by atoms with Crippen LogP contribution in [0.4, 0.5) is 5.69 Å². The van der Waals surface area contributed by atoms with Crippen LogP contribution in [0.3, 0.4) is 0 Å². The average molecular weight is 298 g/mol. The number of anilines is 1. The van der Waals surface area contributed by atoms with Gasteiger partial charge < -0.3 is 15.4 Å². The summed E-state index contributed by atoms with van der Waals surface area (Å²) < 4.78 is 5.75. The summed E-state index contributed by atoms with van der Waals surface area (Å²) in [5.74, 6) is 0.692. The van der Waals surface area contributed by atoms with Gasteiger partial charge in [0.05, 0.1) is 6.54 Å². The van der Waals surface area contributed by atoms with Crippen molar-refractivity contribution in [3.63, 3.8) is 0 Å². The highest BCUT2D eigenvalue weighted by Crippen LogP contribution is 2.18. The lowest BCUT2D eigenvalue weighted by molar-refractivity contribution is -0.115. The Balaban J connectivity index is 1.85. The van der Waals surface area contributed by atoms with Crippen molar-refractivity contribution < 1.29 is 9.53 Å². The van der Waals surface area contributed by atoms with Gasteiger partial charge >= 0.3 is 0 Å². The van der Waals surface area contributed by atoms with Gasteiger partial charge in [-0.05, 0) is 30.7 Å². The van der Waals surface area contributed by atoms with E-state index >= 15 is 0 Å². The van der Waals surface area contributed by atoms with Gasteiger partial charge in [-0.2, -0.15) is 0 Å². The fraction of sp³-hybridized carbons (Fsp3) is 0.278. The number of hydrogen-bond donors (Lipinski definition) is 2. The molecule has 0 saturated carbocycles. The predicted molar refractivity (Wildman–Crippen MR) is 89.0 cm³/mol. The second kappa shape index (κ2) is 8.85. The van der Waals surface area contributed by atoms with E-state index in [9.17, 15) is 4.79 Å². The van der Waals surface area contributed by atoms with Crippen LogP contribution in [0.2, 0.25) is 0 Å². The molecule has 0 unspecified atom stereocenters. The molecule has 0 heterocycles. The van der Waals surface area contributed by atoms with Crippen molar-refractivity contribution in [2.75, 3.05) is 18.4 Å². The highest BCUT2D eigenvalue weighted by Gasteiger charge is 2.03. The summed E-state index contributed by atoms with van der Waals surface area (Å²) in [6, 6.07) is 17.4. The van der Waals surface area contributed by atoms with Crippen LogP contribution in [0.5, 0.6) is 5.75 Å². The fourth-order valence-electron chi connectivity index (χ4n) is 1.99. The Morgan fingerprint density at radius 2 is 1.91 bits per heavy atom. The first-order valence-electron chi connectivity index (χ1n) is 7.55. The molecular formula is C18H22N2O2. The summed E-state index contributed by atoms with van der Waals surface area (Å²) in [4.78, 5) is 11.8. The van der Waals surface area contributed by atoms with Crippen molar-refractivity contribution in [3.8, 4) is 5.75 Å². The minimum atomic E-state index is -0.0475. The summed E-state index contributed by atoms with van der Waals surface area (Å²) in [7, 11) is 0. The normalized spacial score (nSPS) is 10.2. The Morgan fingerprint density at radius 1 is 1.09 bits per heavy atom. The van der Waals surface area contributed by atoms with Gasteiger partial charge in [-0.1, -0.05) is 43.3 Å². The third kappa shape index (κ3) is 5.58. The highest BCUT2D eigenvalue weighted by molar-refractivity contribution is 5.92. The van der Waals surface area contributed by atoms with Crippen LogP contribution in [-0.2, 0) is 11.4 Å². The lowest BCUT2D eigenvalue weighted by Crippen LogP contribution is -2.28. The SMILES string of the molecule is CCCNCC(=O)Nc1cccc(OCc2ccccc2)c1. The lowest BCUT2D eigenvalue weighted by Gasteiger charge is -2.09. The standard InChI is InChI=1S/C18H22N2O2/c1-2-11-19-13-18(21)20-16-9-6-10-17(12-16)22-14-15-7-4-3-5-8-15/h3-10,12,19H,2,11,13-14H2,1H3,(H,20,21). The molecule has 0 spiro atoms. The average Bonchev–Trinajstić information content (AvgIpc) is 2.54. The van der Waals surface area contributed by atoms with Gasteiger partial charge in [0.1, 0.15) is 12.4 Å². The molecule has 0 fully saturated rings. The van der Waals surface area contributed by atoms with Crippen molar-refractivity contribution in [1.82, 2.24) is 5.32 Å². The van der Waals surface area contributed by atoms with Crippen LogP contribution >= 0.6 is 0 Å². The second-order valence-electron chi connectivity index (χ2n) is 5.03. The molecule has 116 valence electrons. The number of ether oxygens (including phenoxy) is 1. The zero-order valence-electron chi connectivity index (χ0n) is 12.8. The van der Waals surface area contributed by atoms with Crippen LogP contribution in [0.15, 0.2) is 54.6 Å². The summed E-state index contributed by atoms with van der Waals surface area (Å²) >= 11 is 0. The number of carbonyl (C=O) groups excluding carboxylic acids is 1. The molecule has 2 aromatic rings. The van der Waals surface area contributed by atoms with Crippen LogP contribution in [-0.4, -0.2) is 19.0 Å². The van der Waals surface area contributed by atoms with Crippen LogP contribution in [0.1, 0.15) is 18.9 Å². The molecule has 4 heteroatoms. The third-order valence-corrected chi connectivity index (χ3v) is 3.08. The van der Waals surface area contributed by atoms with Crippen LogP contribution < -0.4 is 15.4 Å². The van der Waals surface area contributed by atoms with Crippen molar-refractivity contribution in [2.24, 2.45) is 0 Å². The maximum Gasteiger partial charge on any atom is 0.238 e. The molecule has 0 radical (unpaired) electrons. The smallest absolute Gasteiger partial charge is 0.238 e. The van der Waals surface area contributed by atoms with Gasteiger partial charge in [-0.25, -0.2) is 0 Å². The number of nitrogens with one attached hydrogen (secondary N) is 2. The molecule has 2 rings (SSSR count). The molecule has 22 heavy (non-hydrogen) atoms. The Hall–Kier alpha value is -2.33. The largest absolute Gasteiger partial charge is 0.489 e. The predicted octanol–water partition coefficient (Wildman–Crippen LogP) is 3.20. The van der Waals surface area contributed by atoms with E-state index in [2.05, 4.69) is 17.6 Å². The molecule has 1 amide bonds. The van der Waals surface area contributed by atoms with Crippen molar-refractivity contribution in [2.45, 2.75) is 20.0 Å². The first-order chi connectivity index (χ1) is 10.8. The summed E-state index contributed by atoms with van der Waals surface area (Å²) in [5, 5.41) is 5.93. The van der Waals surface area contributed by atoms with E-state index in [-0.39, 0.29) is 5.91 Å². The Kier molecular flexibility index (Phi) is 6.45. The molecule has 0 aliphatic rings. The lowest BCUT2D eigenvalue weighted by atomic mass is 10.2. The Bertz CT molecular complexity index is 585. The van der Waals surface area contributed by atoms with Gasteiger partial charge in [-0.3, -0.25) is 4.79 Å². The van der Waals surface area contributed by atoms with Crippen molar-refractivity contribution in [1.29, 1.82) is 0 Å². The molecule has 0 aromatic heterocycles. The minimum Gasteiger partial charge on any atom is -0.489 e. The third-order valence-electron chi connectivity index (χ3n) is 3.08. The first kappa shape index (κ1) is 16.0. The quantitative estimate of drug-likeness (QED) is 0.736. The summed E-state index contributed by atoms with van der Waals surface area (Å²) in [6.07, 6.45) is 1.01. The van der Waals surface area contributed by atoms with Crippen LogP contribution in [0.25, 0.3) is 0 Å². The zero-order chi connectivity index (χ0) is 15.6. The maximum atomic E-state index is 11.8. The number of rotatable bonds is 8. The van der Waals surface area contributed by atoms with Gasteiger partial charge in [0.2, 0.25) is 5.91 Å². The maximum absolute atomic E-state index is 11.8. The topological polar surface area (TPSA) is 50.4 Å². The molecule has 4 nitrogen and oxygen atoms in total. The molecule has 2 N–H and O–H groups in total. The van der Waals surface area contributed by atoms with Gasteiger partial charge in [0, 0.05) is 11.8 Å². The first-order valence-corrected chi connectivity index (χ1v) is 7.55. The van der Waals surface area contributed by atoms with E-state index in [0.717, 1.165) is 30.0 Å². The molecule has 0 atom stereocenters. The molecule has 0 bridgehead atoms. The highest BCUT2D eigenvalue weighted by atomic mass is 16.5. The van der Waals surface area contributed by atoms with Crippen molar-refractivity contribution >= 4 is 11.6 Å². The monoisotopic (exact) mass is 298 g/mol. The van der Waals surface area contributed by atoms with E-state index in [1.807, 2.05) is 54.6 Å². The zero-order valence-corrected chi connectivity index (χ0v) is 12.8. The Morgan fingerprint density at radius 3 is 2.68 bits per heavy atom. The second-order valence-corrected chi connectivity index (χ2v) is 5.03. The minimum absolute atomic E-state index is 0.0475. The number of benzene rings is 2. The van der Waals surface area contributed by atoms with Gasteiger partial charge in [0.15, 0.2) is 0 Å². The van der Waals surface area contributed by atoms with Gasteiger partial charge in [0.25, 0.3) is 0 Å². The molecule has 0 aliphatic heterocycles. The number of amides is 1. The summed E-state index contributed by atoms with van der Waals surface area (Å²) in [5.41, 5.74) is 1.86. The van der Waals surface area contributed by atoms with Crippen molar-refractivity contribution in [3.05, 3.63) is 60.2 Å². The van der Waals surface area contributed by atoms with Gasteiger partial charge in [-0.15, -0.1) is 0 Å². The summed E-state index contributed by atoms with van der Waals surface area (Å²) in [6.45, 7) is 3.74. The molecule has 2 aromatic carbocycles. The van der Waals surface area contributed by atoms with Crippen LogP contribution in [0, 0.1) is 0 Å². The van der Waals surface area contributed by atoms with E-state index in [0.29, 0.717) is 13.2 Å². The van der Waals surface area contributed by atoms with E-state index in [1.54, 1.807) is 0 Å². The van der Waals surface area contributed by atoms with E-state index < -0.39 is 0 Å². The molecular weight excluding hydrogens is 276 g/mol. The number of carbonyl (C=O) groups is 1.